The van der Waals surface area contributed by atoms with Crippen LogP contribution in [0.25, 0.3) is 0 Å². The van der Waals surface area contributed by atoms with Crippen LogP contribution >= 0.6 is 45.2 Å². The predicted molar refractivity (Wildman–Crippen MR) is 113 cm³/mol. The third kappa shape index (κ3) is 7.20. The second-order valence-corrected chi connectivity index (χ2v) is 12.0. The molecule has 0 unspecified atom stereocenters. The fourth-order valence-electron chi connectivity index (χ4n) is 1.88. The lowest BCUT2D eigenvalue weighted by Crippen LogP contribution is -2.29. The van der Waals surface area contributed by atoms with Crippen LogP contribution < -0.4 is 4.74 Å². The molecule has 0 bridgehead atoms. The quantitative estimate of drug-likeness (QED) is 0.211. The second-order valence-electron chi connectivity index (χ2n) is 6.61. The number of rotatable bonds is 7. The number of carbonyl (C=O) groups is 3. The number of carbonyl (C=O) groups excluding carboxylic acids is 3. The molecule has 0 amide bonds. The summed E-state index contributed by atoms with van der Waals surface area (Å²) in [4.78, 5) is 36.1. The third-order valence-corrected chi connectivity index (χ3v) is 4.43. The van der Waals surface area contributed by atoms with E-state index in [4.69, 9.17) is 9.47 Å². The molecule has 0 aliphatic carbocycles. The summed E-state index contributed by atoms with van der Waals surface area (Å²) in [5.74, 6) is -0.545. The Morgan fingerprint density at radius 1 is 1.00 bits per heavy atom. The zero-order valence-electron chi connectivity index (χ0n) is 14.9. The number of halogens is 2. The summed E-state index contributed by atoms with van der Waals surface area (Å²) in [6.07, 6.45) is 0.792. The van der Waals surface area contributed by atoms with Gasteiger partial charge in [0.25, 0.3) is 0 Å². The largest absolute Gasteiger partial charge is 0.465 e. The van der Waals surface area contributed by atoms with E-state index in [0.717, 1.165) is 5.56 Å². The van der Waals surface area contributed by atoms with Crippen molar-refractivity contribution in [2.24, 2.45) is 0 Å². The first-order valence-corrected chi connectivity index (χ1v) is 9.86. The number of hydrogen-bond donors (Lipinski definition) is 0. The van der Waals surface area contributed by atoms with Crippen LogP contribution in [0, 0.1) is 0 Å². The Kier molecular flexibility index (Phi) is 7.85. The summed E-state index contributed by atoms with van der Waals surface area (Å²) < 4.78 is 9.00. The van der Waals surface area contributed by atoms with E-state index in [9.17, 15) is 14.4 Å². The van der Waals surface area contributed by atoms with Crippen molar-refractivity contribution in [3.05, 3.63) is 29.3 Å². The van der Waals surface area contributed by atoms with Crippen LogP contribution in [0.15, 0.2) is 18.2 Å². The normalized spacial score (nSPS) is 11.8. The van der Waals surface area contributed by atoms with Gasteiger partial charge >= 0.3 is 11.9 Å². The van der Waals surface area contributed by atoms with E-state index < -0.39 is 18.8 Å². The van der Waals surface area contributed by atoms with E-state index in [2.05, 4.69) is 22.6 Å². The highest BCUT2D eigenvalue weighted by molar-refractivity contribution is 14.1. The van der Waals surface area contributed by atoms with Crippen molar-refractivity contribution in [3.63, 3.8) is 0 Å². The first-order chi connectivity index (χ1) is 11.3. The van der Waals surface area contributed by atoms with Crippen LogP contribution in [0.3, 0.4) is 0 Å². The molecule has 0 saturated carbocycles. The summed E-state index contributed by atoms with van der Waals surface area (Å²) >= 11 is 4.10. The molecule has 25 heavy (non-hydrogen) atoms. The van der Waals surface area contributed by atoms with Crippen LogP contribution in [0.4, 0.5) is 0 Å². The Morgan fingerprint density at radius 2 is 1.60 bits per heavy atom. The van der Waals surface area contributed by atoms with Gasteiger partial charge in [0.2, 0.25) is 0 Å². The highest BCUT2D eigenvalue weighted by Gasteiger charge is 2.27. The van der Waals surface area contributed by atoms with Gasteiger partial charge in [0.15, 0.2) is 0 Å². The lowest BCUT2D eigenvalue weighted by atomic mass is 9.99. The van der Waals surface area contributed by atoms with Gasteiger partial charge < -0.3 is 9.47 Å². The number of esters is 2. The van der Waals surface area contributed by atoms with Gasteiger partial charge in [0.05, 0.1) is 16.1 Å². The van der Waals surface area contributed by atoms with Crippen LogP contribution in [-0.4, -0.2) is 31.7 Å². The maximum Gasteiger partial charge on any atom is 0.337 e. The highest BCUT2D eigenvalue weighted by Crippen LogP contribution is 2.25. The fourth-order valence-corrected chi connectivity index (χ4v) is 2.26. The van der Waals surface area contributed by atoms with Gasteiger partial charge in [-0.3, -0.25) is 9.59 Å². The summed E-state index contributed by atoms with van der Waals surface area (Å²) in [5, 5.41) is 0. The minimum absolute atomic E-state index is 0.114. The van der Waals surface area contributed by atoms with Crippen molar-refractivity contribution in [1.82, 2.24) is 0 Å². The van der Waals surface area contributed by atoms with Crippen LogP contribution in [0.5, 0.6) is 5.75 Å². The van der Waals surface area contributed by atoms with Crippen molar-refractivity contribution in [1.29, 1.82) is 0 Å². The maximum atomic E-state index is 12.1. The van der Waals surface area contributed by atoms with Gasteiger partial charge in [-0.15, -0.1) is 0 Å². The topological polar surface area (TPSA) is 69.7 Å². The molecule has 0 fully saturated rings. The molecule has 0 aliphatic heterocycles. The van der Waals surface area contributed by atoms with Crippen molar-refractivity contribution in [2.75, 3.05) is 7.11 Å². The molecule has 0 aliphatic rings. The van der Waals surface area contributed by atoms with Gasteiger partial charge in [-0.1, -0.05) is 45.2 Å². The van der Waals surface area contributed by atoms with E-state index >= 15 is 0 Å². The fraction of sp³-hybridized carbons (Fsp3) is 0.500. The van der Waals surface area contributed by atoms with Crippen molar-refractivity contribution < 1.29 is 23.9 Å². The summed E-state index contributed by atoms with van der Waals surface area (Å²) in [7, 11) is 1.29. The summed E-state index contributed by atoms with van der Waals surface area (Å²) in [5.41, 5.74) is 1.03. The number of hydrogen-bond acceptors (Lipinski definition) is 5. The molecule has 0 radical (unpaired) electrons. The smallest absolute Gasteiger partial charge is 0.337 e. The lowest BCUT2D eigenvalue weighted by molar-refractivity contribution is -0.135. The number of ketones is 1. The minimum atomic E-state index is -0.694. The Balaban J connectivity index is 3.08. The van der Waals surface area contributed by atoms with E-state index in [1.807, 2.05) is 36.4 Å². The zero-order chi connectivity index (χ0) is 19.4. The Hall–Kier alpha value is -0.710. The SMILES string of the molecule is COC(=O)c1cc(CCC(=O)C(C)(C)I)cc(OC(=O)C(C)(C)I)c1. The van der Waals surface area contributed by atoms with E-state index in [1.165, 1.54) is 13.2 Å². The molecule has 1 aromatic carbocycles. The van der Waals surface area contributed by atoms with Crippen molar-refractivity contribution >= 4 is 62.9 Å². The van der Waals surface area contributed by atoms with E-state index in [0.29, 0.717) is 12.8 Å². The van der Waals surface area contributed by atoms with Crippen LogP contribution in [-0.2, 0) is 20.7 Å². The molecular formula is C18H22I2O5. The molecule has 5 nitrogen and oxygen atoms in total. The standard InChI is InChI=1S/C18H22I2O5/c1-17(2,19)14(21)7-6-11-8-12(15(22)24-5)10-13(9-11)25-16(23)18(3,4)20/h8-10H,6-7H2,1-5H3. The molecular weight excluding hydrogens is 550 g/mol. The molecule has 1 aromatic rings. The van der Waals surface area contributed by atoms with Crippen molar-refractivity contribution in [2.45, 2.75) is 47.4 Å². The molecule has 0 heterocycles. The van der Waals surface area contributed by atoms with Gasteiger partial charge in [0, 0.05) is 6.42 Å². The maximum absolute atomic E-state index is 12.1. The predicted octanol–water partition coefficient (Wildman–Crippen LogP) is 4.31. The summed E-state index contributed by atoms with van der Waals surface area (Å²) in [6.45, 7) is 7.19. The molecule has 0 aromatic heterocycles. The first-order valence-electron chi connectivity index (χ1n) is 7.70. The number of methoxy groups -OCH3 is 1. The average Bonchev–Trinajstić information content (AvgIpc) is 2.49. The second kappa shape index (κ2) is 8.79. The van der Waals surface area contributed by atoms with Crippen LogP contribution in [0.1, 0.15) is 50.0 Å². The molecule has 0 saturated heterocycles. The third-order valence-electron chi connectivity index (χ3n) is 3.39. The number of benzene rings is 1. The monoisotopic (exact) mass is 572 g/mol. The Labute approximate surface area is 175 Å². The zero-order valence-corrected chi connectivity index (χ0v) is 19.3. The molecule has 0 spiro atoms. The van der Waals surface area contributed by atoms with Gasteiger partial charge in [0.1, 0.15) is 15.0 Å². The van der Waals surface area contributed by atoms with Crippen LogP contribution in [0.2, 0.25) is 0 Å². The highest BCUT2D eigenvalue weighted by atomic mass is 127. The number of alkyl halides is 2. The van der Waals surface area contributed by atoms with Gasteiger partial charge in [-0.25, -0.2) is 4.79 Å². The molecule has 0 atom stereocenters. The molecule has 7 heteroatoms. The Bertz CT molecular complexity index is 669. The lowest BCUT2D eigenvalue weighted by Gasteiger charge is -2.17. The minimum Gasteiger partial charge on any atom is -0.465 e. The average molecular weight is 572 g/mol. The molecule has 0 N–H and O–H groups in total. The van der Waals surface area contributed by atoms with Crippen molar-refractivity contribution in [3.8, 4) is 5.75 Å². The van der Waals surface area contributed by atoms with E-state index in [-0.39, 0.29) is 17.1 Å². The van der Waals surface area contributed by atoms with E-state index in [1.54, 1.807) is 26.0 Å². The first kappa shape index (κ1) is 22.3. The number of ether oxygens (including phenoxy) is 2. The number of Topliss-reactive ketones (excluding diaryl/α,β-unsaturated/α-hetero) is 1. The molecule has 1 rings (SSSR count). The summed E-state index contributed by atoms with van der Waals surface area (Å²) in [6, 6.07) is 4.81. The Morgan fingerprint density at radius 3 is 2.08 bits per heavy atom. The molecule has 138 valence electrons. The van der Waals surface area contributed by atoms with Gasteiger partial charge in [-0.05, 0) is 57.9 Å². The number of aryl methyl sites for hydroxylation is 1. The van der Waals surface area contributed by atoms with Gasteiger partial charge in [-0.2, -0.15) is 0 Å².